The minimum atomic E-state index is -2.63. The number of piperidine rings is 1. The van der Waals surface area contributed by atoms with Crippen LogP contribution in [0.4, 0.5) is 37.5 Å². The van der Waals surface area contributed by atoms with E-state index in [4.69, 9.17) is 4.98 Å². The van der Waals surface area contributed by atoms with Gasteiger partial charge in [0.25, 0.3) is 11.8 Å². The number of hydrogen-bond acceptors (Lipinski definition) is 9. The summed E-state index contributed by atoms with van der Waals surface area (Å²) in [5.74, 6) is 0.923. The standard InChI is InChI=1S/C43H47BF2N10O3/c1-28-25-29(2)56(44(45)46)37(28)26-33-14-13-31(48-33)15-16-39(57)54-23-21-53(22-24-54)34-17-19-55(20-18-34)41(58)30-9-11-32(12-10-30)49-43-47-27-38-40(50-43)51(3)36-8-6-5-7-35(36)42(59)52(38)4/h5-14,25-27,34H,15-24H2,1-4H3,(H,47,49,50)/b33-26-. The van der Waals surface area contributed by atoms with Crippen LogP contribution in [0.1, 0.15) is 63.4 Å². The number of anilines is 5. The van der Waals surface area contributed by atoms with Crippen LogP contribution in [0.2, 0.25) is 0 Å². The van der Waals surface area contributed by atoms with Crippen LogP contribution in [0.3, 0.4) is 0 Å². The monoisotopic (exact) mass is 800 g/mol. The van der Waals surface area contributed by atoms with Crippen molar-refractivity contribution < 1.29 is 23.0 Å². The van der Waals surface area contributed by atoms with Gasteiger partial charge in [-0.15, -0.1) is 0 Å². The number of hydrogen-bond donors (Lipinski definition) is 1. The van der Waals surface area contributed by atoms with Crippen molar-refractivity contribution in [2.45, 2.75) is 45.6 Å². The lowest BCUT2D eigenvalue weighted by Crippen LogP contribution is -2.54. The fourth-order valence-electron chi connectivity index (χ4n) is 8.49. The van der Waals surface area contributed by atoms with Crippen molar-refractivity contribution >= 4 is 65.7 Å². The molecular formula is C43H47BF2N10O3. The molecule has 2 fully saturated rings. The number of nitrogens with one attached hydrogen (secondary N) is 1. The van der Waals surface area contributed by atoms with E-state index in [0.717, 1.165) is 53.1 Å². The van der Waals surface area contributed by atoms with E-state index in [2.05, 4.69) is 20.2 Å². The van der Waals surface area contributed by atoms with Gasteiger partial charge in [-0.25, -0.2) is 4.98 Å². The van der Waals surface area contributed by atoms with Gasteiger partial charge >= 0.3 is 7.40 Å². The predicted molar refractivity (Wildman–Crippen MR) is 227 cm³/mol. The van der Waals surface area contributed by atoms with Gasteiger partial charge in [-0.2, -0.15) is 4.98 Å². The Kier molecular flexibility index (Phi) is 11.2. The van der Waals surface area contributed by atoms with Gasteiger partial charge in [-0.05, 0) is 99.4 Å². The highest BCUT2D eigenvalue weighted by atomic mass is 19.2. The summed E-state index contributed by atoms with van der Waals surface area (Å²) in [6, 6.07) is 16.8. The Labute approximate surface area is 342 Å². The van der Waals surface area contributed by atoms with E-state index in [1.165, 1.54) is 0 Å². The smallest absolute Gasteiger partial charge is 0.340 e. The summed E-state index contributed by atoms with van der Waals surface area (Å²) in [7, 11) is 0.965. The van der Waals surface area contributed by atoms with E-state index < -0.39 is 7.40 Å². The molecule has 0 radical (unpaired) electrons. The minimum Gasteiger partial charge on any atom is -0.340 e. The second-order valence-electron chi connectivity index (χ2n) is 15.5. The van der Waals surface area contributed by atoms with Gasteiger partial charge in [0.1, 0.15) is 5.69 Å². The van der Waals surface area contributed by atoms with Crippen LogP contribution in [-0.2, 0) is 4.79 Å². The van der Waals surface area contributed by atoms with Gasteiger partial charge in [0.15, 0.2) is 5.82 Å². The number of fused-ring (bicyclic) bond motifs is 2. The molecule has 2 aromatic carbocycles. The lowest BCUT2D eigenvalue weighted by molar-refractivity contribution is -0.133. The maximum atomic E-state index is 13.6. The van der Waals surface area contributed by atoms with Gasteiger partial charge in [0, 0.05) is 94.2 Å². The number of piperazine rings is 1. The van der Waals surface area contributed by atoms with Gasteiger partial charge in [0.05, 0.1) is 23.1 Å². The van der Waals surface area contributed by atoms with E-state index in [-0.39, 0.29) is 17.7 Å². The van der Waals surface area contributed by atoms with Crippen LogP contribution < -0.4 is 15.1 Å². The molecule has 0 spiro atoms. The number of aryl methyl sites for hydroxylation is 2. The third-order valence-electron chi connectivity index (χ3n) is 11.8. The normalized spacial score (nSPS) is 17.9. The molecule has 59 heavy (non-hydrogen) atoms. The summed E-state index contributed by atoms with van der Waals surface area (Å²) in [6.07, 6.45) is 9.55. The van der Waals surface area contributed by atoms with Crippen LogP contribution >= 0.6 is 0 Å². The SMILES string of the molecule is Cc1cc(C)n(B(F)F)c1/C=C1/C=CC(CCC(=O)N2CCN(C3CCN(C(=O)c4ccc(Nc5ncc6c(n5)N(C)c5ccccc5C(=O)N6C)cc4)CC3)CC2)=N1. The van der Waals surface area contributed by atoms with Crippen molar-refractivity contribution in [3.8, 4) is 0 Å². The fourth-order valence-corrected chi connectivity index (χ4v) is 8.49. The van der Waals surface area contributed by atoms with Crippen molar-refractivity contribution in [2.24, 2.45) is 4.99 Å². The van der Waals surface area contributed by atoms with E-state index in [9.17, 15) is 23.0 Å². The summed E-state index contributed by atoms with van der Waals surface area (Å²) in [6.45, 7) is 7.71. The van der Waals surface area contributed by atoms with Crippen molar-refractivity contribution in [3.63, 3.8) is 0 Å². The number of amides is 3. The number of para-hydroxylation sites is 1. The highest BCUT2D eigenvalue weighted by Gasteiger charge is 2.32. The minimum absolute atomic E-state index is 0.00279. The van der Waals surface area contributed by atoms with E-state index in [1.54, 1.807) is 49.4 Å². The Morgan fingerprint density at radius 3 is 2.36 bits per heavy atom. The number of benzene rings is 2. The first kappa shape index (κ1) is 39.7. The second kappa shape index (κ2) is 16.6. The maximum absolute atomic E-state index is 13.6. The lowest BCUT2D eigenvalue weighted by Gasteiger charge is -2.42. The average molecular weight is 801 g/mol. The number of nitrogens with zero attached hydrogens (tertiary/aromatic N) is 9. The van der Waals surface area contributed by atoms with Crippen molar-refractivity contribution in [1.29, 1.82) is 0 Å². The van der Waals surface area contributed by atoms with E-state index in [0.29, 0.717) is 90.7 Å². The third-order valence-corrected chi connectivity index (χ3v) is 11.8. The van der Waals surface area contributed by atoms with Crippen LogP contribution in [0.5, 0.6) is 0 Å². The topological polar surface area (TPSA) is 123 Å². The first-order chi connectivity index (χ1) is 28.4. The number of aromatic nitrogens is 3. The molecule has 2 saturated heterocycles. The molecule has 0 bridgehead atoms. The molecule has 8 rings (SSSR count). The highest BCUT2D eigenvalue weighted by molar-refractivity contribution is 6.41. The van der Waals surface area contributed by atoms with Gasteiger partial charge in [-0.1, -0.05) is 12.1 Å². The fraction of sp³-hybridized carbons (Fsp3) is 0.349. The second-order valence-corrected chi connectivity index (χ2v) is 15.5. The Morgan fingerprint density at radius 1 is 0.898 bits per heavy atom. The van der Waals surface area contributed by atoms with Crippen molar-refractivity contribution in [3.05, 3.63) is 107 Å². The zero-order valence-corrected chi connectivity index (χ0v) is 33.7. The number of halogens is 2. The largest absolute Gasteiger partial charge is 0.677 e. The van der Waals surface area contributed by atoms with Gasteiger partial charge < -0.3 is 29.4 Å². The van der Waals surface area contributed by atoms with Crippen LogP contribution in [0.15, 0.2) is 83.6 Å². The van der Waals surface area contributed by atoms with Crippen molar-refractivity contribution in [1.82, 2.24) is 29.1 Å². The summed E-state index contributed by atoms with van der Waals surface area (Å²) in [5, 5.41) is 3.24. The molecule has 0 unspecified atom stereocenters. The van der Waals surface area contributed by atoms with Gasteiger partial charge in [-0.3, -0.25) is 32.9 Å². The summed E-state index contributed by atoms with van der Waals surface area (Å²) >= 11 is 0. The zero-order chi connectivity index (χ0) is 41.4. The molecular weight excluding hydrogens is 753 g/mol. The third kappa shape index (κ3) is 8.13. The van der Waals surface area contributed by atoms with Gasteiger partial charge in [0.2, 0.25) is 11.9 Å². The molecule has 4 aliphatic heterocycles. The summed E-state index contributed by atoms with van der Waals surface area (Å²) in [5.41, 5.74) is 6.37. The predicted octanol–water partition coefficient (Wildman–Crippen LogP) is 6.35. The molecule has 13 nitrogen and oxygen atoms in total. The Bertz CT molecular complexity index is 2360. The number of aliphatic imine (C=N–C) groups is 1. The molecule has 2 aromatic heterocycles. The first-order valence-electron chi connectivity index (χ1n) is 20.0. The van der Waals surface area contributed by atoms with Crippen LogP contribution in [-0.4, -0.2) is 119 Å². The molecule has 0 saturated carbocycles. The molecule has 6 heterocycles. The molecule has 16 heteroatoms. The molecule has 3 amide bonds. The molecule has 0 atom stereocenters. The molecule has 0 aliphatic carbocycles. The number of carbonyl (C=O) groups is 3. The Balaban J connectivity index is 0.788. The average Bonchev–Trinajstić information content (AvgIpc) is 3.81. The lowest BCUT2D eigenvalue weighted by atomic mass is 10.0. The van der Waals surface area contributed by atoms with Crippen LogP contribution in [0.25, 0.3) is 6.08 Å². The summed E-state index contributed by atoms with van der Waals surface area (Å²) in [4.78, 5) is 63.3. The number of allylic oxidation sites excluding steroid dienone is 2. The molecule has 4 aliphatic rings. The Morgan fingerprint density at radius 2 is 1.63 bits per heavy atom. The quantitative estimate of drug-likeness (QED) is 0.195. The van der Waals surface area contributed by atoms with Crippen molar-refractivity contribution in [2.75, 3.05) is 68.5 Å². The van der Waals surface area contributed by atoms with E-state index in [1.807, 2.05) is 77.2 Å². The molecule has 4 aromatic rings. The number of rotatable bonds is 9. The van der Waals surface area contributed by atoms with Crippen LogP contribution in [0, 0.1) is 13.8 Å². The summed E-state index contributed by atoms with van der Waals surface area (Å²) < 4.78 is 28.2. The number of likely N-dealkylation sites (tertiary alicyclic amines) is 1. The maximum Gasteiger partial charge on any atom is 0.677 e. The highest BCUT2D eigenvalue weighted by Crippen LogP contribution is 2.38. The number of carbonyl (C=O) groups excluding carboxylic acids is 3. The molecule has 304 valence electrons. The first-order valence-corrected chi connectivity index (χ1v) is 20.0. The molecule has 1 N–H and O–H groups in total. The Hall–Kier alpha value is -6.16. The van der Waals surface area contributed by atoms with E-state index >= 15 is 0 Å². The zero-order valence-electron chi connectivity index (χ0n) is 33.7.